The van der Waals surface area contributed by atoms with Crippen molar-refractivity contribution in [2.45, 2.75) is 33.4 Å². The molecule has 0 aromatic heterocycles. The summed E-state index contributed by atoms with van der Waals surface area (Å²) in [6, 6.07) is 14.2. The largest absolute Gasteiger partial charge is 0.496 e. The van der Waals surface area contributed by atoms with Crippen LogP contribution in [0.2, 0.25) is 0 Å². The highest BCUT2D eigenvalue weighted by molar-refractivity contribution is 5.51. The van der Waals surface area contributed by atoms with E-state index in [2.05, 4.69) is 17.4 Å². The average Bonchev–Trinajstić information content (AvgIpc) is 2.46. The van der Waals surface area contributed by atoms with E-state index in [4.69, 9.17) is 9.47 Å². The van der Waals surface area contributed by atoms with Crippen LogP contribution in [0.1, 0.15) is 25.0 Å². The lowest BCUT2D eigenvalue weighted by atomic mass is 10.1. The van der Waals surface area contributed by atoms with Gasteiger partial charge in [-0.2, -0.15) is 0 Å². The molecule has 1 N–H and O–H groups in total. The number of aryl methyl sites for hydroxylation is 1. The fourth-order valence-electron chi connectivity index (χ4n) is 2.20. The Morgan fingerprint density at radius 3 is 2.48 bits per heavy atom. The van der Waals surface area contributed by atoms with Crippen molar-refractivity contribution >= 4 is 5.69 Å². The third kappa shape index (κ3) is 4.15. The smallest absolute Gasteiger partial charge is 0.124 e. The molecule has 2 aromatic rings. The highest BCUT2D eigenvalue weighted by Crippen LogP contribution is 2.24. The molecule has 112 valence electrons. The molecule has 0 radical (unpaired) electrons. The van der Waals surface area contributed by atoms with Gasteiger partial charge in [0.15, 0.2) is 0 Å². The number of benzene rings is 2. The predicted molar refractivity (Wildman–Crippen MR) is 87.3 cm³/mol. The molecule has 2 aromatic carbocycles. The summed E-state index contributed by atoms with van der Waals surface area (Å²) in [7, 11) is 1.69. The molecule has 0 aliphatic rings. The van der Waals surface area contributed by atoms with E-state index in [9.17, 15) is 0 Å². The second-order valence-corrected chi connectivity index (χ2v) is 5.31. The molecule has 3 heteroatoms. The molecular formula is C18H23NO2. The minimum absolute atomic E-state index is 0.175. The van der Waals surface area contributed by atoms with Gasteiger partial charge in [0.1, 0.15) is 11.5 Å². The highest BCUT2D eigenvalue weighted by Gasteiger charge is 2.05. The van der Waals surface area contributed by atoms with Crippen molar-refractivity contribution < 1.29 is 9.47 Å². The van der Waals surface area contributed by atoms with Crippen LogP contribution in [0.4, 0.5) is 5.69 Å². The first-order chi connectivity index (χ1) is 10.1. The van der Waals surface area contributed by atoms with E-state index in [0.717, 1.165) is 34.9 Å². The predicted octanol–water partition coefficient (Wildman–Crippen LogP) is 4.40. The van der Waals surface area contributed by atoms with Crippen LogP contribution < -0.4 is 14.8 Å². The Morgan fingerprint density at radius 2 is 1.81 bits per heavy atom. The molecule has 2 rings (SSSR count). The van der Waals surface area contributed by atoms with Crippen molar-refractivity contribution in [1.82, 2.24) is 0 Å². The summed E-state index contributed by atoms with van der Waals surface area (Å²) in [6.07, 6.45) is 0.175. The van der Waals surface area contributed by atoms with Gasteiger partial charge in [-0.1, -0.05) is 18.2 Å². The van der Waals surface area contributed by atoms with E-state index >= 15 is 0 Å². The number of ether oxygens (including phenoxy) is 2. The Morgan fingerprint density at radius 1 is 1.05 bits per heavy atom. The monoisotopic (exact) mass is 285 g/mol. The Balaban J connectivity index is 2.08. The zero-order valence-electron chi connectivity index (χ0n) is 13.1. The number of anilines is 1. The number of para-hydroxylation sites is 1. The van der Waals surface area contributed by atoms with Crippen LogP contribution in [0.15, 0.2) is 42.5 Å². The first kappa shape index (κ1) is 15.2. The second-order valence-electron chi connectivity index (χ2n) is 5.31. The lowest BCUT2D eigenvalue weighted by Gasteiger charge is -2.15. The Bertz CT molecular complexity index is 594. The maximum atomic E-state index is 5.83. The van der Waals surface area contributed by atoms with Crippen LogP contribution in [-0.2, 0) is 6.54 Å². The minimum Gasteiger partial charge on any atom is -0.496 e. The Hall–Kier alpha value is -2.16. The SMILES string of the molecule is COc1ccc(NCc2ccccc2OC(C)C)cc1C. The highest BCUT2D eigenvalue weighted by atomic mass is 16.5. The molecule has 0 aliphatic heterocycles. The van der Waals surface area contributed by atoms with Gasteiger partial charge in [0.25, 0.3) is 0 Å². The van der Waals surface area contributed by atoms with Gasteiger partial charge in [-0.05, 0) is 50.6 Å². The zero-order valence-corrected chi connectivity index (χ0v) is 13.1. The standard InChI is InChI=1S/C18H23NO2/c1-13(2)21-18-8-6-5-7-15(18)12-19-16-9-10-17(20-4)14(3)11-16/h5-11,13,19H,12H2,1-4H3. The molecule has 0 heterocycles. The summed E-state index contributed by atoms with van der Waals surface area (Å²) in [5.74, 6) is 1.84. The van der Waals surface area contributed by atoms with Crippen LogP contribution in [0.5, 0.6) is 11.5 Å². The van der Waals surface area contributed by atoms with Crippen molar-refractivity contribution in [2.75, 3.05) is 12.4 Å². The summed E-state index contributed by atoms with van der Waals surface area (Å²) in [6.45, 7) is 6.85. The van der Waals surface area contributed by atoms with Gasteiger partial charge in [-0.25, -0.2) is 0 Å². The molecule has 21 heavy (non-hydrogen) atoms. The summed E-state index contributed by atoms with van der Waals surface area (Å²) < 4.78 is 11.1. The molecule has 0 saturated heterocycles. The lowest BCUT2D eigenvalue weighted by Crippen LogP contribution is -2.09. The molecule has 3 nitrogen and oxygen atoms in total. The van der Waals surface area contributed by atoms with E-state index in [0.29, 0.717) is 0 Å². The molecule has 0 atom stereocenters. The maximum Gasteiger partial charge on any atom is 0.124 e. The van der Waals surface area contributed by atoms with Crippen molar-refractivity contribution in [3.63, 3.8) is 0 Å². The number of nitrogens with one attached hydrogen (secondary N) is 1. The van der Waals surface area contributed by atoms with Crippen LogP contribution in [0.25, 0.3) is 0 Å². The lowest BCUT2D eigenvalue weighted by molar-refractivity contribution is 0.240. The zero-order chi connectivity index (χ0) is 15.2. The third-order valence-electron chi connectivity index (χ3n) is 3.21. The number of hydrogen-bond acceptors (Lipinski definition) is 3. The minimum atomic E-state index is 0.175. The van der Waals surface area contributed by atoms with Crippen molar-refractivity contribution in [3.05, 3.63) is 53.6 Å². The van der Waals surface area contributed by atoms with Crippen LogP contribution in [0.3, 0.4) is 0 Å². The van der Waals surface area contributed by atoms with E-state index in [-0.39, 0.29) is 6.10 Å². The van der Waals surface area contributed by atoms with Crippen LogP contribution in [0, 0.1) is 6.92 Å². The van der Waals surface area contributed by atoms with Gasteiger partial charge in [-0.15, -0.1) is 0 Å². The van der Waals surface area contributed by atoms with Crippen LogP contribution in [-0.4, -0.2) is 13.2 Å². The van der Waals surface area contributed by atoms with Crippen molar-refractivity contribution in [3.8, 4) is 11.5 Å². The van der Waals surface area contributed by atoms with Gasteiger partial charge in [-0.3, -0.25) is 0 Å². The van der Waals surface area contributed by atoms with E-state index in [1.54, 1.807) is 7.11 Å². The van der Waals surface area contributed by atoms with Gasteiger partial charge in [0.2, 0.25) is 0 Å². The normalized spacial score (nSPS) is 10.5. The van der Waals surface area contributed by atoms with Gasteiger partial charge < -0.3 is 14.8 Å². The molecule has 0 bridgehead atoms. The number of rotatable bonds is 6. The molecule has 0 aliphatic carbocycles. The van der Waals surface area contributed by atoms with E-state index in [1.165, 1.54) is 0 Å². The summed E-state index contributed by atoms with van der Waals surface area (Å²) in [4.78, 5) is 0. The molecule has 0 fully saturated rings. The van der Waals surface area contributed by atoms with Gasteiger partial charge in [0, 0.05) is 17.8 Å². The van der Waals surface area contributed by atoms with Gasteiger partial charge in [0.05, 0.1) is 13.2 Å². The van der Waals surface area contributed by atoms with E-state index in [1.807, 2.05) is 51.1 Å². The summed E-state index contributed by atoms with van der Waals surface area (Å²) in [5, 5.41) is 3.43. The van der Waals surface area contributed by atoms with Crippen LogP contribution >= 0.6 is 0 Å². The molecule has 0 amide bonds. The number of hydrogen-bond donors (Lipinski definition) is 1. The van der Waals surface area contributed by atoms with Gasteiger partial charge >= 0.3 is 0 Å². The third-order valence-corrected chi connectivity index (χ3v) is 3.21. The fourth-order valence-corrected chi connectivity index (χ4v) is 2.20. The molecular weight excluding hydrogens is 262 g/mol. The average molecular weight is 285 g/mol. The van der Waals surface area contributed by atoms with Crippen molar-refractivity contribution in [2.24, 2.45) is 0 Å². The summed E-state index contributed by atoms with van der Waals surface area (Å²) >= 11 is 0. The first-order valence-corrected chi connectivity index (χ1v) is 7.23. The fraction of sp³-hybridized carbons (Fsp3) is 0.333. The summed E-state index contributed by atoms with van der Waals surface area (Å²) in [5.41, 5.74) is 3.35. The Labute approximate surface area is 126 Å². The van der Waals surface area contributed by atoms with Crippen molar-refractivity contribution in [1.29, 1.82) is 0 Å². The first-order valence-electron chi connectivity index (χ1n) is 7.23. The topological polar surface area (TPSA) is 30.5 Å². The number of methoxy groups -OCH3 is 1. The quantitative estimate of drug-likeness (QED) is 0.853. The maximum absolute atomic E-state index is 5.83. The second kappa shape index (κ2) is 7.02. The molecule has 0 unspecified atom stereocenters. The Kier molecular flexibility index (Phi) is 5.09. The molecule has 0 saturated carbocycles. The van der Waals surface area contributed by atoms with E-state index < -0.39 is 0 Å². The molecule has 0 spiro atoms.